The second-order valence-corrected chi connectivity index (χ2v) is 7.16. The van der Waals surface area contributed by atoms with E-state index in [4.69, 9.17) is 27.9 Å². The number of likely N-dealkylation sites (tertiary alicyclic amines) is 1. The molecule has 25 heavy (non-hydrogen) atoms. The lowest BCUT2D eigenvalue weighted by Crippen LogP contribution is -2.58. The quantitative estimate of drug-likeness (QED) is 0.864. The van der Waals surface area contributed by atoms with Crippen LogP contribution in [0.25, 0.3) is 0 Å². The van der Waals surface area contributed by atoms with E-state index in [1.54, 1.807) is 6.07 Å². The van der Waals surface area contributed by atoms with Crippen molar-refractivity contribution in [3.63, 3.8) is 0 Å². The van der Waals surface area contributed by atoms with Gasteiger partial charge in [-0.05, 0) is 24.7 Å². The molecule has 8 heteroatoms. The minimum absolute atomic E-state index is 0.00544. The van der Waals surface area contributed by atoms with Crippen molar-refractivity contribution in [1.82, 2.24) is 9.80 Å². The number of carbonyl (C=O) groups excluding carboxylic acids is 1. The van der Waals surface area contributed by atoms with Gasteiger partial charge in [0, 0.05) is 31.5 Å². The smallest absolute Gasteiger partial charge is 0.328 e. The van der Waals surface area contributed by atoms with Crippen molar-refractivity contribution in [2.75, 3.05) is 26.2 Å². The second-order valence-electron chi connectivity index (χ2n) is 6.35. The molecule has 6 nitrogen and oxygen atoms in total. The van der Waals surface area contributed by atoms with E-state index in [0.717, 1.165) is 19.6 Å². The third-order valence-corrected chi connectivity index (χ3v) is 5.75. The molecular weight excluding hydrogens is 367 g/mol. The summed E-state index contributed by atoms with van der Waals surface area (Å²) in [5.74, 6) is -1.46. The van der Waals surface area contributed by atoms with Crippen molar-refractivity contribution in [1.29, 1.82) is 0 Å². The second kappa shape index (κ2) is 7.11. The van der Waals surface area contributed by atoms with Gasteiger partial charge in [0.2, 0.25) is 0 Å². The van der Waals surface area contributed by atoms with E-state index in [0.29, 0.717) is 23.4 Å². The minimum Gasteiger partial charge on any atom is -0.480 e. The fraction of sp³-hybridized carbons (Fsp3) is 0.529. The van der Waals surface area contributed by atoms with Gasteiger partial charge in [-0.15, -0.1) is 0 Å². The molecule has 2 saturated heterocycles. The Labute approximate surface area is 156 Å². The summed E-state index contributed by atoms with van der Waals surface area (Å²) < 4.78 is 5.90. The molecule has 0 saturated carbocycles. The van der Waals surface area contributed by atoms with Gasteiger partial charge in [-0.2, -0.15) is 0 Å². The van der Waals surface area contributed by atoms with E-state index < -0.39 is 23.6 Å². The van der Waals surface area contributed by atoms with Crippen LogP contribution in [0.15, 0.2) is 18.2 Å². The molecule has 2 fully saturated rings. The number of hydrogen-bond donors (Lipinski definition) is 1. The third-order valence-electron chi connectivity index (χ3n) is 5.02. The number of rotatable bonds is 3. The van der Waals surface area contributed by atoms with Gasteiger partial charge in [-0.3, -0.25) is 9.69 Å². The molecule has 0 aliphatic carbocycles. The van der Waals surface area contributed by atoms with Gasteiger partial charge < -0.3 is 14.7 Å². The minimum atomic E-state index is -1.07. The number of carboxylic acids is 1. The van der Waals surface area contributed by atoms with Crippen LogP contribution in [-0.4, -0.2) is 64.8 Å². The number of halogens is 2. The third kappa shape index (κ3) is 3.36. The van der Waals surface area contributed by atoms with Crippen molar-refractivity contribution in [3.8, 4) is 0 Å². The molecule has 1 amide bonds. The van der Waals surface area contributed by atoms with Crippen molar-refractivity contribution in [2.24, 2.45) is 0 Å². The zero-order valence-corrected chi connectivity index (χ0v) is 15.4. The van der Waals surface area contributed by atoms with E-state index in [1.165, 1.54) is 17.0 Å². The molecule has 1 unspecified atom stereocenters. The zero-order chi connectivity index (χ0) is 18.2. The Kier molecular flexibility index (Phi) is 5.25. The number of carbonyl (C=O) groups is 2. The summed E-state index contributed by atoms with van der Waals surface area (Å²) in [6.07, 6.45) is 1.16. The number of nitrogens with zero attached hydrogens (tertiary/aromatic N) is 2. The summed E-state index contributed by atoms with van der Waals surface area (Å²) in [5.41, 5.74) is -0.568. The van der Waals surface area contributed by atoms with E-state index in [-0.39, 0.29) is 11.6 Å². The van der Waals surface area contributed by atoms with Gasteiger partial charge in [-0.25, -0.2) is 4.79 Å². The van der Waals surface area contributed by atoms with Gasteiger partial charge in [0.05, 0.1) is 16.7 Å². The monoisotopic (exact) mass is 386 g/mol. The molecule has 136 valence electrons. The molecule has 0 bridgehead atoms. The fourth-order valence-electron chi connectivity index (χ4n) is 3.54. The molecule has 3 rings (SSSR count). The SMILES string of the molecule is CCN1CCC2(CC1)OCC(C(=O)O)N2C(=O)c1ccc(Cl)c(Cl)c1. The highest BCUT2D eigenvalue weighted by molar-refractivity contribution is 6.42. The molecule has 1 atom stereocenters. The normalized spacial score (nSPS) is 23.2. The molecule has 0 aromatic heterocycles. The standard InChI is InChI=1S/C17H20Cl2N2O4/c1-2-20-7-5-17(6-8-20)21(14(10-25-17)16(23)24)15(22)11-3-4-12(18)13(19)9-11/h3-4,9,14H,2,5-8,10H2,1H3,(H,23,24). The average Bonchev–Trinajstić information content (AvgIpc) is 2.96. The highest BCUT2D eigenvalue weighted by atomic mass is 35.5. The van der Waals surface area contributed by atoms with E-state index in [2.05, 4.69) is 11.8 Å². The fourth-order valence-corrected chi connectivity index (χ4v) is 3.84. The summed E-state index contributed by atoms with van der Waals surface area (Å²) in [7, 11) is 0. The molecule has 1 aromatic rings. The first kappa shape index (κ1) is 18.5. The lowest BCUT2D eigenvalue weighted by atomic mass is 9.97. The Hall–Kier alpha value is -1.34. The van der Waals surface area contributed by atoms with Crippen LogP contribution in [0.1, 0.15) is 30.1 Å². The Morgan fingerprint density at radius 2 is 1.96 bits per heavy atom. The molecule has 2 aliphatic rings. The molecule has 1 spiro atoms. The number of ether oxygens (including phenoxy) is 1. The van der Waals surface area contributed by atoms with E-state index >= 15 is 0 Å². The molecule has 2 heterocycles. The van der Waals surface area contributed by atoms with Crippen molar-refractivity contribution < 1.29 is 19.4 Å². The van der Waals surface area contributed by atoms with Crippen molar-refractivity contribution in [3.05, 3.63) is 33.8 Å². The first-order chi connectivity index (χ1) is 11.9. The Morgan fingerprint density at radius 3 is 2.52 bits per heavy atom. The lowest BCUT2D eigenvalue weighted by Gasteiger charge is -2.44. The van der Waals surface area contributed by atoms with Gasteiger partial charge in [0.15, 0.2) is 6.04 Å². The Balaban J connectivity index is 1.93. The number of piperidine rings is 1. The predicted molar refractivity (Wildman–Crippen MR) is 94.1 cm³/mol. The lowest BCUT2D eigenvalue weighted by molar-refractivity contribution is -0.143. The van der Waals surface area contributed by atoms with Crippen LogP contribution in [0.4, 0.5) is 0 Å². The summed E-state index contributed by atoms with van der Waals surface area (Å²) >= 11 is 11.9. The Bertz CT molecular complexity index is 689. The van der Waals surface area contributed by atoms with Gasteiger partial charge in [0.25, 0.3) is 5.91 Å². The van der Waals surface area contributed by atoms with Crippen LogP contribution in [0.5, 0.6) is 0 Å². The van der Waals surface area contributed by atoms with Crippen LogP contribution in [0, 0.1) is 0 Å². The van der Waals surface area contributed by atoms with Crippen LogP contribution < -0.4 is 0 Å². The zero-order valence-electron chi connectivity index (χ0n) is 13.9. The number of hydrogen-bond acceptors (Lipinski definition) is 4. The van der Waals surface area contributed by atoms with Crippen molar-refractivity contribution in [2.45, 2.75) is 31.5 Å². The highest BCUT2D eigenvalue weighted by Crippen LogP contribution is 2.38. The van der Waals surface area contributed by atoms with Crippen LogP contribution in [0.3, 0.4) is 0 Å². The maximum absolute atomic E-state index is 13.1. The molecular formula is C17H20Cl2N2O4. The highest BCUT2D eigenvalue weighted by Gasteiger charge is 2.53. The summed E-state index contributed by atoms with van der Waals surface area (Å²) in [6.45, 7) is 4.50. The molecule has 2 aliphatic heterocycles. The molecule has 0 radical (unpaired) electrons. The summed E-state index contributed by atoms with van der Waals surface area (Å²) in [5, 5.41) is 10.2. The van der Waals surface area contributed by atoms with Gasteiger partial charge >= 0.3 is 5.97 Å². The average molecular weight is 387 g/mol. The molecule has 1 aromatic carbocycles. The Morgan fingerprint density at radius 1 is 1.28 bits per heavy atom. The first-order valence-corrected chi connectivity index (χ1v) is 9.01. The largest absolute Gasteiger partial charge is 0.480 e. The summed E-state index contributed by atoms with van der Waals surface area (Å²) in [4.78, 5) is 28.4. The van der Waals surface area contributed by atoms with Gasteiger partial charge in [0.1, 0.15) is 5.72 Å². The topological polar surface area (TPSA) is 70.1 Å². The van der Waals surface area contributed by atoms with Crippen molar-refractivity contribution >= 4 is 35.1 Å². The van der Waals surface area contributed by atoms with Crippen LogP contribution in [-0.2, 0) is 9.53 Å². The van der Waals surface area contributed by atoms with E-state index in [9.17, 15) is 14.7 Å². The number of benzene rings is 1. The number of carboxylic acid groups (broad SMARTS) is 1. The van der Waals surface area contributed by atoms with Gasteiger partial charge in [-0.1, -0.05) is 30.1 Å². The van der Waals surface area contributed by atoms with E-state index in [1.807, 2.05) is 0 Å². The van der Waals surface area contributed by atoms with Crippen LogP contribution in [0.2, 0.25) is 10.0 Å². The number of amides is 1. The summed E-state index contributed by atoms with van der Waals surface area (Å²) in [6, 6.07) is 3.56. The predicted octanol–water partition coefficient (Wildman–Crippen LogP) is 2.73. The maximum atomic E-state index is 13.1. The first-order valence-electron chi connectivity index (χ1n) is 8.26. The maximum Gasteiger partial charge on any atom is 0.328 e. The molecule has 1 N–H and O–H groups in total. The van der Waals surface area contributed by atoms with Crippen LogP contribution >= 0.6 is 23.2 Å². The number of aliphatic carboxylic acids is 1.